The average molecular weight is 391 g/mol. The summed E-state index contributed by atoms with van der Waals surface area (Å²) in [6.07, 6.45) is 0.853. The molecule has 1 aliphatic heterocycles. The lowest BCUT2D eigenvalue weighted by molar-refractivity contribution is -0.126. The zero-order valence-corrected chi connectivity index (χ0v) is 16.0. The minimum absolute atomic E-state index is 0.0171. The fourth-order valence-electron chi connectivity index (χ4n) is 3.12. The molecule has 1 aliphatic rings. The van der Waals surface area contributed by atoms with Crippen LogP contribution in [0, 0.1) is 12.8 Å². The van der Waals surface area contributed by atoms with Crippen molar-refractivity contribution in [3.63, 3.8) is 0 Å². The lowest BCUT2D eigenvalue weighted by Gasteiger charge is -2.17. The third kappa shape index (κ3) is 4.37. The van der Waals surface area contributed by atoms with E-state index in [0.29, 0.717) is 29.6 Å². The normalized spacial score (nSPS) is 16.8. The van der Waals surface area contributed by atoms with Crippen LogP contribution < -0.4 is 10.2 Å². The molecule has 1 saturated heterocycles. The van der Waals surface area contributed by atoms with Crippen molar-refractivity contribution in [2.45, 2.75) is 19.8 Å². The van der Waals surface area contributed by atoms with Crippen molar-refractivity contribution in [1.82, 2.24) is 5.32 Å². The van der Waals surface area contributed by atoms with Crippen LogP contribution in [-0.2, 0) is 16.0 Å². The van der Waals surface area contributed by atoms with E-state index in [2.05, 4.69) is 5.32 Å². The maximum atomic E-state index is 12.4. The number of carbonyl (C=O) groups excluding carboxylic acids is 2. The van der Waals surface area contributed by atoms with E-state index >= 15 is 0 Å². The van der Waals surface area contributed by atoms with Crippen molar-refractivity contribution in [2.75, 3.05) is 18.0 Å². The molecule has 2 amide bonds. The monoisotopic (exact) mass is 390 g/mol. The van der Waals surface area contributed by atoms with Gasteiger partial charge in [-0.05, 0) is 48.7 Å². The van der Waals surface area contributed by atoms with Crippen molar-refractivity contribution < 1.29 is 9.59 Å². The van der Waals surface area contributed by atoms with Crippen LogP contribution in [-0.4, -0.2) is 24.9 Å². The average Bonchev–Trinajstić information content (AvgIpc) is 2.99. The number of hydrogen-bond donors (Lipinski definition) is 1. The van der Waals surface area contributed by atoms with Crippen molar-refractivity contribution in [1.29, 1.82) is 0 Å². The second-order valence-corrected chi connectivity index (χ2v) is 7.36. The zero-order chi connectivity index (χ0) is 18.7. The molecule has 0 spiro atoms. The van der Waals surface area contributed by atoms with Crippen LogP contribution in [0.5, 0.6) is 0 Å². The lowest BCUT2D eigenvalue weighted by atomic mass is 10.1. The topological polar surface area (TPSA) is 49.4 Å². The van der Waals surface area contributed by atoms with E-state index in [1.807, 2.05) is 37.3 Å². The van der Waals surface area contributed by atoms with Gasteiger partial charge in [-0.25, -0.2) is 0 Å². The molecule has 4 nitrogen and oxygen atoms in total. The molecule has 136 valence electrons. The number of amides is 2. The molecular formula is C20H20Cl2N2O2. The van der Waals surface area contributed by atoms with Crippen molar-refractivity contribution in [3.8, 4) is 0 Å². The number of anilines is 1. The van der Waals surface area contributed by atoms with Crippen LogP contribution in [0.4, 0.5) is 5.69 Å². The Labute approximate surface area is 163 Å². The highest BCUT2D eigenvalue weighted by molar-refractivity contribution is 6.35. The molecule has 26 heavy (non-hydrogen) atoms. The van der Waals surface area contributed by atoms with Gasteiger partial charge in [-0.2, -0.15) is 0 Å². The van der Waals surface area contributed by atoms with E-state index in [9.17, 15) is 9.59 Å². The first-order valence-electron chi connectivity index (χ1n) is 8.52. The molecule has 0 bridgehead atoms. The Hall–Kier alpha value is -2.04. The predicted octanol–water partition coefficient (Wildman–Crippen LogP) is 4.01. The zero-order valence-electron chi connectivity index (χ0n) is 14.5. The second-order valence-electron chi connectivity index (χ2n) is 6.52. The Kier molecular flexibility index (Phi) is 5.84. The van der Waals surface area contributed by atoms with Gasteiger partial charge in [0.2, 0.25) is 11.8 Å². The SMILES string of the molecule is Cc1cccc(N2CC(C(=O)NCCc3ccc(Cl)cc3Cl)CC2=O)c1. The molecule has 0 radical (unpaired) electrons. The molecule has 1 unspecified atom stereocenters. The van der Waals surface area contributed by atoms with E-state index in [1.165, 1.54) is 0 Å². The molecule has 3 rings (SSSR count). The first-order valence-corrected chi connectivity index (χ1v) is 9.28. The lowest BCUT2D eigenvalue weighted by Crippen LogP contribution is -2.34. The van der Waals surface area contributed by atoms with Crippen molar-refractivity contribution in [3.05, 3.63) is 63.6 Å². The Balaban J connectivity index is 1.55. The molecular weight excluding hydrogens is 371 g/mol. The number of rotatable bonds is 5. The Morgan fingerprint density at radius 1 is 1.23 bits per heavy atom. The van der Waals surface area contributed by atoms with Crippen LogP contribution in [0.1, 0.15) is 17.5 Å². The Morgan fingerprint density at radius 2 is 2.04 bits per heavy atom. The minimum atomic E-state index is -0.330. The number of nitrogens with zero attached hydrogens (tertiary/aromatic N) is 1. The van der Waals surface area contributed by atoms with Gasteiger partial charge in [-0.1, -0.05) is 41.4 Å². The number of hydrogen-bond acceptors (Lipinski definition) is 2. The van der Waals surface area contributed by atoms with Crippen LogP contribution in [0.3, 0.4) is 0 Å². The Morgan fingerprint density at radius 3 is 2.77 bits per heavy atom. The molecule has 1 heterocycles. The van der Waals surface area contributed by atoms with Crippen LogP contribution in [0.15, 0.2) is 42.5 Å². The number of aryl methyl sites for hydroxylation is 1. The van der Waals surface area contributed by atoms with Gasteiger partial charge in [0.1, 0.15) is 0 Å². The van der Waals surface area contributed by atoms with E-state index in [0.717, 1.165) is 16.8 Å². The first kappa shape index (κ1) is 18.7. The molecule has 0 aromatic heterocycles. The third-order valence-corrected chi connectivity index (χ3v) is 5.10. The molecule has 2 aromatic rings. The molecule has 6 heteroatoms. The second kappa shape index (κ2) is 8.11. The summed E-state index contributed by atoms with van der Waals surface area (Å²) in [5.41, 5.74) is 2.86. The Bertz CT molecular complexity index is 838. The summed E-state index contributed by atoms with van der Waals surface area (Å²) < 4.78 is 0. The summed E-state index contributed by atoms with van der Waals surface area (Å²) in [6.45, 7) is 2.86. The highest BCUT2D eigenvalue weighted by Crippen LogP contribution is 2.26. The summed E-state index contributed by atoms with van der Waals surface area (Å²) in [7, 11) is 0. The quantitative estimate of drug-likeness (QED) is 0.837. The van der Waals surface area contributed by atoms with Crippen molar-refractivity contribution in [2.24, 2.45) is 5.92 Å². The molecule has 0 saturated carbocycles. The van der Waals surface area contributed by atoms with E-state index in [4.69, 9.17) is 23.2 Å². The predicted molar refractivity (Wildman–Crippen MR) is 105 cm³/mol. The van der Waals surface area contributed by atoms with Crippen molar-refractivity contribution >= 4 is 40.7 Å². The maximum absolute atomic E-state index is 12.4. The van der Waals surface area contributed by atoms with Gasteiger partial charge < -0.3 is 10.2 Å². The summed E-state index contributed by atoms with van der Waals surface area (Å²) >= 11 is 12.0. The minimum Gasteiger partial charge on any atom is -0.355 e. The van der Waals surface area contributed by atoms with E-state index < -0.39 is 0 Å². The number of halogens is 2. The van der Waals surface area contributed by atoms with Gasteiger partial charge in [0.05, 0.1) is 5.92 Å². The summed E-state index contributed by atoms with van der Waals surface area (Å²) in [5.74, 6) is -0.446. The van der Waals surface area contributed by atoms with Gasteiger partial charge in [-0.3, -0.25) is 9.59 Å². The first-order chi connectivity index (χ1) is 12.4. The van der Waals surface area contributed by atoms with Gasteiger partial charge in [0, 0.05) is 35.2 Å². The smallest absolute Gasteiger partial charge is 0.227 e. The van der Waals surface area contributed by atoms with Crippen LogP contribution in [0.2, 0.25) is 10.0 Å². The van der Waals surface area contributed by atoms with E-state index in [1.54, 1.807) is 17.0 Å². The van der Waals surface area contributed by atoms with Gasteiger partial charge in [0.25, 0.3) is 0 Å². The fourth-order valence-corrected chi connectivity index (χ4v) is 3.62. The molecule has 2 aromatic carbocycles. The fraction of sp³-hybridized carbons (Fsp3) is 0.300. The molecule has 1 atom stereocenters. The highest BCUT2D eigenvalue weighted by Gasteiger charge is 2.34. The summed E-state index contributed by atoms with van der Waals surface area (Å²) in [5, 5.41) is 4.09. The molecule has 1 fully saturated rings. The van der Waals surface area contributed by atoms with Crippen LogP contribution in [0.25, 0.3) is 0 Å². The highest BCUT2D eigenvalue weighted by atomic mass is 35.5. The maximum Gasteiger partial charge on any atom is 0.227 e. The summed E-state index contributed by atoms with van der Waals surface area (Å²) in [6, 6.07) is 13.1. The van der Waals surface area contributed by atoms with Crippen LogP contribution >= 0.6 is 23.2 Å². The summed E-state index contributed by atoms with van der Waals surface area (Å²) in [4.78, 5) is 26.4. The molecule has 1 N–H and O–H groups in total. The number of benzene rings is 2. The van der Waals surface area contributed by atoms with E-state index in [-0.39, 0.29) is 24.2 Å². The van der Waals surface area contributed by atoms with Gasteiger partial charge >= 0.3 is 0 Å². The van der Waals surface area contributed by atoms with Gasteiger partial charge in [0.15, 0.2) is 0 Å². The standard InChI is InChI=1S/C20H20Cl2N2O2/c1-13-3-2-4-17(9-13)24-12-15(10-19(24)25)20(26)23-8-7-14-5-6-16(21)11-18(14)22/h2-6,9,11,15H,7-8,10,12H2,1H3,(H,23,26). The third-order valence-electron chi connectivity index (χ3n) is 4.52. The van der Waals surface area contributed by atoms with Gasteiger partial charge in [-0.15, -0.1) is 0 Å². The number of carbonyl (C=O) groups is 2. The largest absolute Gasteiger partial charge is 0.355 e. The number of nitrogens with one attached hydrogen (secondary N) is 1. The molecule has 0 aliphatic carbocycles.